The zero-order chi connectivity index (χ0) is 16.7. The number of carbonyl (C=O) groups is 1. The van der Waals surface area contributed by atoms with Crippen LogP contribution in [0.1, 0.15) is 25.3 Å². The Balaban J connectivity index is 1.96. The van der Waals surface area contributed by atoms with Crippen LogP contribution in [0.15, 0.2) is 30.3 Å². The lowest BCUT2D eigenvalue weighted by Crippen LogP contribution is -2.45. The van der Waals surface area contributed by atoms with Gasteiger partial charge in [-0.1, -0.05) is 12.1 Å². The Hall–Kier alpha value is -2.32. The van der Waals surface area contributed by atoms with Crippen molar-refractivity contribution < 1.29 is 14.6 Å². The van der Waals surface area contributed by atoms with Crippen LogP contribution in [0, 0.1) is 17.2 Å². The van der Waals surface area contributed by atoms with Crippen molar-refractivity contribution in [3.63, 3.8) is 0 Å². The third-order valence-corrected chi connectivity index (χ3v) is 4.12. The summed E-state index contributed by atoms with van der Waals surface area (Å²) in [7, 11) is 0. The fraction of sp³-hybridized carbons (Fsp3) is 0.444. The summed E-state index contributed by atoms with van der Waals surface area (Å²) in [6.45, 7) is 2.80. The highest BCUT2D eigenvalue weighted by molar-refractivity contribution is 5.92. The van der Waals surface area contributed by atoms with Crippen LogP contribution >= 0.6 is 0 Å². The van der Waals surface area contributed by atoms with Crippen LogP contribution in [0.25, 0.3) is 6.08 Å². The number of likely N-dealkylation sites (tertiary alicyclic amines) is 1. The smallest absolute Gasteiger partial charge is 0.246 e. The lowest BCUT2D eigenvalue weighted by molar-refractivity contribution is -0.130. The molecular formula is C18H22N2O3. The third-order valence-electron chi connectivity index (χ3n) is 4.12. The van der Waals surface area contributed by atoms with Crippen molar-refractivity contribution in [3.8, 4) is 11.8 Å². The lowest BCUT2D eigenvalue weighted by Gasteiger charge is -2.36. The van der Waals surface area contributed by atoms with Crippen LogP contribution in [-0.4, -0.2) is 41.7 Å². The van der Waals surface area contributed by atoms with Gasteiger partial charge in [-0.05, 0) is 49.5 Å². The highest BCUT2D eigenvalue weighted by Gasteiger charge is 2.27. The molecule has 2 rings (SSSR count). The fourth-order valence-electron chi connectivity index (χ4n) is 2.69. The molecule has 23 heavy (non-hydrogen) atoms. The van der Waals surface area contributed by atoms with E-state index in [1.54, 1.807) is 24.3 Å². The number of hydrogen-bond donors (Lipinski definition) is 1. The Bertz CT molecular complexity index is 589. The van der Waals surface area contributed by atoms with E-state index in [1.165, 1.54) is 0 Å². The number of hydrogen-bond acceptors (Lipinski definition) is 4. The second-order valence-corrected chi connectivity index (χ2v) is 5.81. The van der Waals surface area contributed by atoms with Crippen molar-refractivity contribution in [3.05, 3.63) is 35.9 Å². The summed E-state index contributed by atoms with van der Waals surface area (Å²) in [6.07, 6.45) is 5.23. The van der Waals surface area contributed by atoms with E-state index >= 15 is 0 Å². The number of piperidine rings is 1. The maximum atomic E-state index is 12.3. The molecule has 0 bridgehead atoms. The minimum Gasteiger partial charge on any atom is -0.479 e. The molecule has 1 aromatic carbocycles. The molecule has 1 aliphatic rings. The number of ether oxygens (including phenoxy) is 1. The van der Waals surface area contributed by atoms with Gasteiger partial charge < -0.3 is 14.7 Å². The Kier molecular flexibility index (Phi) is 6.19. The Morgan fingerprint density at radius 1 is 1.43 bits per heavy atom. The van der Waals surface area contributed by atoms with Gasteiger partial charge in [0.1, 0.15) is 11.8 Å². The van der Waals surface area contributed by atoms with Crippen molar-refractivity contribution in [1.82, 2.24) is 4.90 Å². The zero-order valence-corrected chi connectivity index (χ0v) is 13.3. The molecule has 2 atom stereocenters. The standard InChI is InChI=1S/C18H22N2O3/c1-14-2-3-16(13-21)12-20(14)18(22)9-6-15-4-7-17(8-5-15)23-11-10-19/h4-9,14,16,21H,2-3,11-13H2,1H3/b9-6+. The number of aliphatic hydroxyl groups excluding tert-OH is 1. The van der Waals surface area contributed by atoms with Crippen LogP contribution in [0.3, 0.4) is 0 Å². The largest absolute Gasteiger partial charge is 0.479 e. The van der Waals surface area contributed by atoms with Gasteiger partial charge in [0, 0.05) is 25.3 Å². The van der Waals surface area contributed by atoms with Gasteiger partial charge in [-0.15, -0.1) is 0 Å². The lowest BCUT2D eigenvalue weighted by atomic mass is 9.94. The molecule has 1 N–H and O–H groups in total. The van der Waals surface area contributed by atoms with E-state index in [1.807, 2.05) is 30.0 Å². The van der Waals surface area contributed by atoms with Gasteiger partial charge in [0.05, 0.1) is 0 Å². The van der Waals surface area contributed by atoms with Crippen LogP contribution in [0.5, 0.6) is 5.75 Å². The second kappa shape index (κ2) is 8.35. The molecule has 0 aromatic heterocycles. The molecule has 1 amide bonds. The van der Waals surface area contributed by atoms with Gasteiger partial charge >= 0.3 is 0 Å². The zero-order valence-electron chi connectivity index (χ0n) is 13.3. The molecule has 5 nitrogen and oxygen atoms in total. The summed E-state index contributed by atoms with van der Waals surface area (Å²) in [5, 5.41) is 17.7. The molecule has 0 spiro atoms. The van der Waals surface area contributed by atoms with Gasteiger partial charge in [-0.2, -0.15) is 5.26 Å². The molecule has 1 aliphatic heterocycles. The summed E-state index contributed by atoms with van der Waals surface area (Å²) in [5.41, 5.74) is 0.894. The SMILES string of the molecule is CC1CCC(CO)CN1C(=O)/C=C/c1ccc(OCC#N)cc1. The Morgan fingerprint density at radius 2 is 2.17 bits per heavy atom. The molecule has 1 aromatic rings. The van der Waals surface area contributed by atoms with Gasteiger partial charge in [0.15, 0.2) is 6.61 Å². The van der Waals surface area contributed by atoms with E-state index in [2.05, 4.69) is 0 Å². The monoisotopic (exact) mass is 314 g/mol. The summed E-state index contributed by atoms with van der Waals surface area (Å²) in [6, 6.07) is 9.34. The van der Waals surface area contributed by atoms with Gasteiger partial charge in [-0.25, -0.2) is 0 Å². The highest BCUT2D eigenvalue weighted by Crippen LogP contribution is 2.22. The van der Waals surface area contributed by atoms with Crippen LogP contribution in [0.4, 0.5) is 0 Å². The van der Waals surface area contributed by atoms with Gasteiger partial charge in [0.2, 0.25) is 5.91 Å². The predicted octanol–water partition coefficient (Wildman–Crippen LogP) is 2.22. The number of nitrogens with zero attached hydrogens (tertiary/aromatic N) is 2. The minimum atomic E-state index is -0.0274. The van der Waals surface area contributed by atoms with Crippen LogP contribution in [0.2, 0.25) is 0 Å². The van der Waals surface area contributed by atoms with Crippen LogP contribution < -0.4 is 4.74 Å². The summed E-state index contributed by atoms with van der Waals surface area (Å²) in [4.78, 5) is 14.2. The molecule has 0 saturated carbocycles. The maximum absolute atomic E-state index is 12.3. The number of rotatable bonds is 5. The van der Waals surface area contributed by atoms with E-state index < -0.39 is 0 Å². The van der Waals surface area contributed by atoms with E-state index in [4.69, 9.17) is 10.00 Å². The second-order valence-electron chi connectivity index (χ2n) is 5.81. The molecule has 0 aliphatic carbocycles. The number of carbonyl (C=O) groups excluding carboxylic acids is 1. The maximum Gasteiger partial charge on any atom is 0.246 e. The minimum absolute atomic E-state index is 0.0204. The van der Waals surface area contributed by atoms with Crippen molar-refractivity contribution in [2.24, 2.45) is 5.92 Å². The summed E-state index contributed by atoms with van der Waals surface area (Å²) in [5.74, 6) is 0.783. The topological polar surface area (TPSA) is 73.6 Å². The van der Waals surface area contributed by atoms with E-state index in [0.29, 0.717) is 12.3 Å². The molecule has 0 radical (unpaired) electrons. The number of amides is 1. The van der Waals surface area contributed by atoms with E-state index in [0.717, 1.165) is 18.4 Å². The number of aliphatic hydroxyl groups is 1. The predicted molar refractivity (Wildman–Crippen MR) is 87.6 cm³/mol. The molecule has 2 unspecified atom stereocenters. The fourth-order valence-corrected chi connectivity index (χ4v) is 2.69. The Labute approximate surface area is 136 Å². The van der Waals surface area contributed by atoms with E-state index in [-0.39, 0.29) is 31.1 Å². The first kappa shape index (κ1) is 17.0. The normalized spacial score (nSPS) is 21.2. The molecule has 1 saturated heterocycles. The summed E-state index contributed by atoms with van der Waals surface area (Å²) < 4.78 is 5.19. The van der Waals surface area contributed by atoms with Crippen molar-refractivity contribution in [1.29, 1.82) is 5.26 Å². The number of benzene rings is 1. The first-order valence-corrected chi connectivity index (χ1v) is 7.83. The highest BCUT2D eigenvalue weighted by atomic mass is 16.5. The molecular weight excluding hydrogens is 292 g/mol. The summed E-state index contributed by atoms with van der Waals surface area (Å²) >= 11 is 0. The molecule has 1 heterocycles. The Morgan fingerprint density at radius 3 is 2.83 bits per heavy atom. The molecule has 122 valence electrons. The first-order valence-electron chi connectivity index (χ1n) is 7.83. The average Bonchev–Trinajstić information content (AvgIpc) is 2.59. The van der Waals surface area contributed by atoms with Crippen LogP contribution in [-0.2, 0) is 4.79 Å². The van der Waals surface area contributed by atoms with Gasteiger partial charge in [-0.3, -0.25) is 4.79 Å². The van der Waals surface area contributed by atoms with E-state index in [9.17, 15) is 9.90 Å². The quantitative estimate of drug-likeness (QED) is 0.846. The van der Waals surface area contributed by atoms with Crippen molar-refractivity contribution in [2.45, 2.75) is 25.8 Å². The molecule has 1 fully saturated rings. The third kappa shape index (κ3) is 4.83. The van der Waals surface area contributed by atoms with Crippen molar-refractivity contribution >= 4 is 12.0 Å². The van der Waals surface area contributed by atoms with Crippen molar-refractivity contribution in [2.75, 3.05) is 19.8 Å². The molecule has 5 heteroatoms. The number of nitriles is 1. The average molecular weight is 314 g/mol. The first-order chi connectivity index (χ1) is 11.1. The van der Waals surface area contributed by atoms with Gasteiger partial charge in [0.25, 0.3) is 0 Å².